The van der Waals surface area contributed by atoms with Crippen LogP contribution >= 0.6 is 0 Å². The molecule has 1 N–H and O–H groups in total. The average molecular weight is 211 g/mol. The Bertz CT molecular complexity index is 168. The lowest BCUT2D eigenvalue weighted by Gasteiger charge is -2.36. The predicted octanol–water partition coefficient (Wildman–Crippen LogP) is 3.98. The van der Waals surface area contributed by atoms with E-state index in [1.165, 1.54) is 44.9 Å². The van der Waals surface area contributed by atoms with Gasteiger partial charge < -0.3 is 5.32 Å². The highest BCUT2D eigenvalue weighted by Crippen LogP contribution is 2.34. The third kappa shape index (κ3) is 3.79. The van der Waals surface area contributed by atoms with E-state index in [0.29, 0.717) is 11.5 Å². The van der Waals surface area contributed by atoms with E-state index in [2.05, 4.69) is 33.1 Å². The van der Waals surface area contributed by atoms with Gasteiger partial charge in [0.2, 0.25) is 0 Å². The van der Waals surface area contributed by atoms with Gasteiger partial charge in [0.1, 0.15) is 0 Å². The van der Waals surface area contributed by atoms with Crippen LogP contribution in [0.2, 0.25) is 0 Å². The SMILES string of the molecule is CCC(C)(C)C(CC1CCCCC1)NC. The molecule has 0 amide bonds. The molecule has 0 heterocycles. The molecule has 1 nitrogen and oxygen atoms in total. The van der Waals surface area contributed by atoms with Crippen molar-refractivity contribution in [2.45, 2.75) is 71.8 Å². The van der Waals surface area contributed by atoms with Crippen molar-refractivity contribution in [3.8, 4) is 0 Å². The van der Waals surface area contributed by atoms with Crippen LogP contribution in [-0.4, -0.2) is 13.1 Å². The Labute approximate surface area is 96.0 Å². The Kier molecular flexibility index (Phi) is 5.11. The van der Waals surface area contributed by atoms with Crippen LogP contribution in [-0.2, 0) is 0 Å². The summed E-state index contributed by atoms with van der Waals surface area (Å²) in [6, 6.07) is 0.700. The molecular weight excluding hydrogens is 182 g/mol. The van der Waals surface area contributed by atoms with Gasteiger partial charge in [-0.25, -0.2) is 0 Å². The van der Waals surface area contributed by atoms with E-state index < -0.39 is 0 Å². The van der Waals surface area contributed by atoms with Gasteiger partial charge in [0, 0.05) is 6.04 Å². The summed E-state index contributed by atoms with van der Waals surface area (Å²) in [5, 5.41) is 3.54. The lowest BCUT2D eigenvalue weighted by molar-refractivity contribution is 0.187. The Balaban J connectivity index is 2.44. The zero-order chi connectivity index (χ0) is 11.3. The molecule has 1 saturated carbocycles. The summed E-state index contributed by atoms with van der Waals surface area (Å²) in [6.07, 6.45) is 10.00. The fourth-order valence-corrected chi connectivity index (χ4v) is 2.83. The van der Waals surface area contributed by atoms with Crippen LogP contribution in [0, 0.1) is 11.3 Å². The number of nitrogens with one attached hydrogen (secondary N) is 1. The van der Waals surface area contributed by atoms with Gasteiger partial charge in [-0.1, -0.05) is 52.9 Å². The van der Waals surface area contributed by atoms with Crippen LogP contribution in [0.15, 0.2) is 0 Å². The molecule has 1 aliphatic rings. The topological polar surface area (TPSA) is 12.0 Å². The summed E-state index contributed by atoms with van der Waals surface area (Å²) < 4.78 is 0. The van der Waals surface area contributed by atoms with Crippen molar-refractivity contribution >= 4 is 0 Å². The first kappa shape index (κ1) is 13.0. The van der Waals surface area contributed by atoms with Gasteiger partial charge in [0.25, 0.3) is 0 Å². The van der Waals surface area contributed by atoms with Crippen LogP contribution in [0.1, 0.15) is 65.7 Å². The first-order valence-corrected chi connectivity index (χ1v) is 6.77. The van der Waals surface area contributed by atoms with Crippen molar-refractivity contribution < 1.29 is 0 Å². The van der Waals surface area contributed by atoms with Crippen LogP contribution in [0.3, 0.4) is 0 Å². The van der Waals surface area contributed by atoms with E-state index in [-0.39, 0.29) is 0 Å². The zero-order valence-electron chi connectivity index (χ0n) is 11.1. The highest BCUT2D eigenvalue weighted by Gasteiger charge is 2.29. The van der Waals surface area contributed by atoms with Gasteiger partial charge in [-0.15, -0.1) is 0 Å². The molecule has 0 spiro atoms. The van der Waals surface area contributed by atoms with Crippen molar-refractivity contribution in [3.63, 3.8) is 0 Å². The molecule has 1 heteroatoms. The molecular formula is C14H29N. The first-order valence-electron chi connectivity index (χ1n) is 6.77. The molecule has 0 radical (unpaired) electrons. The van der Waals surface area contributed by atoms with Crippen molar-refractivity contribution in [2.24, 2.45) is 11.3 Å². The molecule has 1 unspecified atom stereocenters. The maximum Gasteiger partial charge on any atom is 0.0118 e. The molecule has 0 aromatic heterocycles. The molecule has 0 aromatic carbocycles. The minimum Gasteiger partial charge on any atom is -0.316 e. The van der Waals surface area contributed by atoms with E-state index in [1.807, 2.05) is 0 Å². The molecule has 0 aromatic rings. The molecule has 15 heavy (non-hydrogen) atoms. The molecule has 1 fully saturated rings. The normalized spacial score (nSPS) is 21.6. The van der Waals surface area contributed by atoms with Gasteiger partial charge in [-0.2, -0.15) is 0 Å². The smallest absolute Gasteiger partial charge is 0.0118 e. The molecule has 0 bridgehead atoms. The summed E-state index contributed by atoms with van der Waals surface area (Å²) in [4.78, 5) is 0. The predicted molar refractivity (Wildman–Crippen MR) is 68.1 cm³/mol. The summed E-state index contributed by atoms with van der Waals surface area (Å²) in [5.74, 6) is 0.988. The average Bonchev–Trinajstić information content (AvgIpc) is 2.27. The zero-order valence-corrected chi connectivity index (χ0v) is 11.1. The third-order valence-corrected chi connectivity index (χ3v) is 4.50. The fourth-order valence-electron chi connectivity index (χ4n) is 2.83. The van der Waals surface area contributed by atoms with Gasteiger partial charge in [-0.3, -0.25) is 0 Å². The number of hydrogen-bond acceptors (Lipinski definition) is 1. The first-order chi connectivity index (χ1) is 7.10. The Hall–Kier alpha value is -0.0400. The van der Waals surface area contributed by atoms with Gasteiger partial charge >= 0.3 is 0 Å². The summed E-state index contributed by atoms with van der Waals surface area (Å²) in [6.45, 7) is 7.11. The summed E-state index contributed by atoms with van der Waals surface area (Å²) in [7, 11) is 2.13. The Morgan fingerprint density at radius 1 is 1.20 bits per heavy atom. The molecule has 90 valence electrons. The largest absolute Gasteiger partial charge is 0.316 e. The maximum absolute atomic E-state index is 3.54. The maximum atomic E-state index is 3.54. The summed E-state index contributed by atoms with van der Waals surface area (Å²) in [5.41, 5.74) is 0.451. The van der Waals surface area contributed by atoms with Crippen LogP contribution in [0.5, 0.6) is 0 Å². The van der Waals surface area contributed by atoms with E-state index >= 15 is 0 Å². The van der Waals surface area contributed by atoms with Crippen molar-refractivity contribution in [1.29, 1.82) is 0 Å². The minimum absolute atomic E-state index is 0.451. The minimum atomic E-state index is 0.451. The second-order valence-corrected chi connectivity index (χ2v) is 5.92. The van der Waals surface area contributed by atoms with Crippen LogP contribution in [0.4, 0.5) is 0 Å². The van der Waals surface area contributed by atoms with Crippen molar-refractivity contribution in [2.75, 3.05) is 7.05 Å². The quantitative estimate of drug-likeness (QED) is 0.725. The lowest BCUT2D eigenvalue weighted by Crippen LogP contribution is -2.41. The second kappa shape index (κ2) is 5.89. The van der Waals surface area contributed by atoms with Gasteiger partial charge in [-0.05, 0) is 31.2 Å². The Morgan fingerprint density at radius 3 is 2.27 bits per heavy atom. The molecule has 0 saturated heterocycles. The van der Waals surface area contributed by atoms with E-state index in [4.69, 9.17) is 0 Å². The molecule has 1 aliphatic carbocycles. The second-order valence-electron chi connectivity index (χ2n) is 5.92. The van der Waals surface area contributed by atoms with E-state index in [0.717, 1.165) is 5.92 Å². The molecule has 1 atom stereocenters. The van der Waals surface area contributed by atoms with Gasteiger partial charge in [0.05, 0.1) is 0 Å². The number of hydrogen-bond donors (Lipinski definition) is 1. The monoisotopic (exact) mass is 211 g/mol. The highest BCUT2D eigenvalue weighted by atomic mass is 14.9. The third-order valence-electron chi connectivity index (χ3n) is 4.50. The van der Waals surface area contributed by atoms with E-state index in [1.54, 1.807) is 0 Å². The number of rotatable bonds is 5. The lowest BCUT2D eigenvalue weighted by atomic mass is 9.75. The van der Waals surface area contributed by atoms with Crippen molar-refractivity contribution in [1.82, 2.24) is 5.32 Å². The van der Waals surface area contributed by atoms with Crippen LogP contribution < -0.4 is 5.32 Å². The molecule has 1 rings (SSSR count). The van der Waals surface area contributed by atoms with E-state index in [9.17, 15) is 0 Å². The summed E-state index contributed by atoms with van der Waals surface area (Å²) >= 11 is 0. The fraction of sp³-hybridized carbons (Fsp3) is 1.00. The highest BCUT2D eigenvalue weighted by molar-refractivity contribution is 4.84. The Morgan fingerprint density at radius 2 is 1.80 bits per heavy atom. The van der Waals surface area contributed by atoms with Crippen LogP contribution in [0.25, 0.3) is 0 Å². The van der Waals surface area contributed by atoms with Crippen molar-refractivity contribution in [3.05, 3.63) is 0 Å². The molecule has 0 aliphatic heterocycles. The standard InChI is InChI=1S/C14H29N/c1-5-14(2,3)13(15-4)11-12-9-7-6-8-10-12/h12-13,15H,5-11H2,1-4H3. The van der Waals surface area contributed by atoms with Gasteiger partial charge in [0.15, 0.2) is 0 Å².